The lowest BCUT2D eigenvalue weighted by Crippen LogP contribution is -2.56. The molecule has 2 saturated heterocycles. The predicted molar refractivity (Wildman–Crippen MR) is 260 cm³/mol. The molecule has 2 aromatic heterocycles. The van der Waals surface area contributed by atoms with Crippen molar-refractivity contribution in [2.75, 3.05) is 44.2 Å². The Morgan fingerprint density at radius 1 is 0.946 bits per heavy atom. The Morgan fingerprint density at radius 3 is 2.32 bits per heavy atom. The van der Waals surface area contributed by atoms with E-state index in [1.807, 2.05) is 0 Å². The molecule has 4 aromatic rings. The van der Waals surface area contributed by atoms with Gasteiger partial charge in [-0.2, -0.15) is 4.98 Å². The summed E-state index contributed by atoms with van der Waals surface area (Å²) in [5.74, 6) is -6.52. The number of aromatic nitrogens is 4. The highest BCUT2D eigenvalue weighted by molar-refractivity contribution is 8.76. The number of piperazine rings is 1. The van der Waals surface area contributed by atoms with Gasteiger partial charge in [-0.15, -0.1) is 0 Å². The van der Waals surface area contributed by atoms with Gasteiger partial charge >= 0.3 is 24.1 Å². The fourth-order valence-corrected chi connectivity index (χ4v) is 11.3. The third-order valence-corrected chi connectivity index (χ3v) is 15.1. The van der Waals surface area contributed by atoms with E-state index in [1.54, 1.807) is 41.3 Å². The van der Waals surface area contributed by atoms with Crippen LogP contribution in [0.2, 0.25) is 0 Å². The van der Waals surface area contributed by atoms with Crippen molar-refractivity contribution in [3.05, 3.63) is 105 Å². The fourth-order valence-electron chi connectivity index (χ4n) is 9.16. The number of nitrogens with two attached hydrogens (primary N) is 2. The lowest BCUT2D eigenvalue weighted by atomic mass is 9.83. The number of nitrogens with zero attached hydrogens (tertiary/aromatic N) is 5. The predicted octanol–water partition coefficient (Wildman–Crippen LogP) is 1.28. The number of anilines is 2. The minimum Gasteiger partial charge on any atom is -0.492 e. The second-order valence-corrected chi connectivity index (χ2v) is 19.5. The van der Waals surface area contributed by atoms with Gasteiger partial charge in [0, 0.05) is 53.1 Å². The van der Waals surface area contributed by atoms with Crippen LogP contribution in [0.5, 0.6) is 0 Å². The average Bonchev–Trinajstić information content (AvgIpc) is 3.88. The number of amides is 4. The maximum Gasteiger partial charge on any atom is 0.410 e. The number of carboxylic acids is 2. The number of carbonyl (C=O) groups is 8. The molecule has 388 valence electrons. The van der Waals surface area contributed by atoms with Gasteiger partial charge in [-0.25, -0.2) is 29.1 Å². The molecule has 1 aliphatic carbocycles. The minimum atomic E-state index is -1.47. The molecule has 4 aliphatic rings. The van der Waals surface area contributed by atoms with Gasteiger partial charge in [0.2, 0.25) is 23.4 Å². The molecule has 2 unspecified atom stereocenters. The van der Waals surface area contributed by atoms with Crippen molar-refractivity contribution in [2.24, 2.45) is 11.7 Å². The molecule has 0 spiro atoms. The SMILES string of the molecule is COC1=C(C)C(=O)C2=C(C1=O)C(COC(N)=O)[C@@]1(OC)[C@@H]3[C@H](CN21)N3C(=O)OCc1ccc(SSCC(NC(=O)CC[C@H](NC(=O)c2ccc(NCc3cnc4nc(N)[nH]c(=O)c4n3)cc2)C(=O)O)C(=O)O)cc1. The van der Waals surface area contributed by atoms with E-state index in [0.717, 1.165) is 10.8 Å². The van der Waals surface area contributed by atoms with Crippen LogP contribution in [0.1, 0.15) is 41.4 Å². The van der Waals surface area contributed by atoms with Crippen LogP contribution in [-0.2, 0) is 56.1 Å². The Morgan fingerprint density at radius 2 is 1.66 bits per heavy atom. The first-order chi connectivity index (χ1) is 35.4. The summed E-state index contributed by atoms with van der Waals surface area (Å²) in [5, 5.41) is 27.5. The van der Waals surface area contributed by atoms with Crippen molar-refractivity contribution >= 4 is 91.9 Å². The van der Waals surface area contributed by atoms with Crippen LogP contribution in [-0.4, -0.2) is 150 Å². The number of methoxy groups -OCH3 is 2. The molecular weight excluding hydrogens is 1010 g/mol. The molecule has 2 aromatic carbocycles. The number of allylic oxidation sites excluding steroid dienone is 2. The van der Waals surface area contributed by atoms with E-state index in [9.17, 15) is 53.4 Å². The number of carbonyl (C=O) groups excluding carboxylic acids is 6. The van der Waals surface area contributed by atoms with Crippen LogP contribution in [0.15, 0.2) is 87.0 Å². The van der Waals surface area contributed by atoms with Gasteiger partial charge in [0.15, 0.2) is 22.6 Å². The van der Waals surface area contributed by atoms with Gasteiger partial charge in [-0.3, -0.25) is 33.9 Å². The van der Waals surface area contributed by atoms with Gasteiger partial charge in [-0.1, -0.05) is 33.7 Å². The molecule has 0 radical (unpaired) electrons. The Kier molecular flexibility index (Phi) is 15.1. The third-order valence-electron chi connectivity index (χ3n) is 12.7. The molecule has 74 heavy (non-hydrogen) atoms. The number of primary amides is 1. The van der Waals surface area contributed by atoms with Crippen LogP contribution in [0.4, 0.5) is 21.2 Å². The Balaban J connectivity index is 0.771. The summed E-state index contributed by atoms with van der Waals surface area (Å²) in [6.07, 6.45) is -1.11. The lowest BCUT2D eigenvalue weighted by molar-refractivity contribution is -0.144. The zero-order valence-corrected chi connectivity index (χ0v) is 41.1. The van der Waals surface area contributed by atoms with Crippen molar-refractivity contribution in [2.45, 2.75) is 67.7 Å². The van der Waals surface area contributed by atoms with Crippen LogP contribution < -0.4 is 33.0 Å². The number of benzene rings is 2. The maximum absolute atomic E-state index is 13.7. The van der Waals surface area contributed by atoms with Gasteiger partial charge in [0.1, 0.15) is 31.3 Å². The van der Waals surface area contributed by atoms with E-state index >= 15 is 0 Å². The number of aromatic amines is 1. The number of carboxylic acid groups (broad SMARTS) is 2. The normalized spacial score (nSPS) is 20.3. The van der Waals surface area contributed by atoms with E-state index in [0.29, 0.717) is 21.8 Å². The molecule has 26 nitrogen and oxygen atoms in total. The number of ketones is 2. The summed E-state index contributed by atoms with van der Waals surface area (Å²) in [5.41, 5.74) is 10.9. The van der Waals surface area contributed by atoms with Crippen molar-refractivity contribution in [1.82, 2.24) is 40.4 Å². The van der Waals surface area contributed by atoms with E-state index < -0.39 is 102 Å². The molecule has 4 amide bonds. The van der Waals surface area contributed by atoms with Gasteiger partial charge in [0.25, 0.3) is 11.5 Å². The zero-order chi connectivity index (χ0) is 53.2. The Bertz CT molecular complexity index is 3100. The largest absolute Gasteiger partial charge is 0.492 e. The lowest BCUT2D eigenvalue weighted by Gasteiger charge is -2.40. The highest BCUT2D eigenvalue weighted by atomic mass is 33.1. The number of Topliss-reactive ketones (excluding diaryl/α,β-unsaturated/α-hetero) is 2. The summed E-state index contributed by atoms with van der Waals surface area (Å²) in [6.45, 7) is 1.22. The summed E-state index contributed by atoms with van der Waals surface area (Å²) in [6, 6.07) is 8.95. The zero-order valence-electron chi connectivity index (χ0n) is 39.4. The molecule has 10 N–H and O–H groups in total. The van der Waals surface area contributed by atoms with Crippen molar-refractivity contribution in [3.8, 4) is 0 Å². The highest BCUT2D eigenvalue weighted by Crippen LogP contribution is 2.60. The summed E-state index contributed by atoms with van der Waals surface area (Å²) in [7, 11) is 5.00. The number of aliphatic carboxylic acids is 2. The molecule has 2 fully saturated rings. The van der Waals surface area contributed by atoms with Crippen molar-refractivity contribution in [1.29, 1.82) is 0 Å². The van der Waals surface area contributed by atoms with E-state index in [4.69, 9.17) is 30.4 Å². The molecular formula is C46H47N11O15S2. The molecule has 28 heteroatoms. The summed E-state index contributed by atoms with van der Waals surface area (Å²) in [4.78, 5) is 133. The van der Waals surface area contributed by atoms with Crippen LogP contribution in [0.3, 0.4) is 0 Å². The van der Waals surface area contributed by atoms with Crippen molar-refractivity contribution in [3.63, 3.8) is 0 Å². The summed E-state index contributed by atoms with van der Waals surface area (Å²) >= 11 is 0. The number of hydrogen-bond acceptors (Lipinski definition) is 21. The fraction of sp³-hybridized carbons (Fsp3) is 0.348. The quantitative estimate of drug-likeness (QED) is 0.0331. The number of rotatable bonds is 21. The monoisotopic (exact) mass is 1060 g/mol. The van der Waals surface area contributed by atoms with Gasteiger partial charge in [0.05, 0.1) is 43.2 Å². The van der Waals surface area contributed by atoms with Crippen molar-refractivity contribution < 1.29 is 67.5 Å². The maximum atomic E-state index is 13.7. The third kappa shape index (κ3) is 10.4. The molecule has 0 bridgehead atoms. The van der Waals surface area contributed by atoms with Gasteiger partial charge in [-0.05, 0) is 55.3 Å². The number of nitrogens with one attached hydrogen (secondary N) is 4. The average molecular weight is 1060 g/mol. The number of ether oxygens (including phenoxy) is 4. The highest BCUT2D eigenvalue weighted by Gasteiger charge is 2.78. The van der Waals surface area contributed by atoms with Crippen LogP contribution in [0.25, 0.3) is 11.2 Å². The summed E-state index contributed by atoms with van der Waals surface area (Å²) < 4.78 is 22.1. The van der Waals surface area contributed by atoms with E-state index in [2.05, 4.69) is 35.9 Å². The Labute approximate surface area is 426 Å². The number of nitrogen functional groups attached to an aromatic ring is 1. The smallest absolute Gasteiger partial charge is 0.410 e. The van der Waals surface area contributed by atoms with Crippen LogP contribution >= 0.6 is 21.6 Å². The van der Waals surface area contributed by atoms with E-state index in [-0.39, 0.29) is 77.1 Å². The topological polar surface area (TPSA) is 380 Å². The molecule has 3 aliphatic heterocycles. The number of fused-ring (bicyclic) bond motifs is 5. The van der Waals surface area contributed by atoms with E-state index in [1.165, 1.54) is 55.2 Å². The van der Waals surface area contributed by atoms with Crippen LogP contribution in [0, 0.1) is 5.92 Å². The second-order valence-electron chi connectivity index (χ2n) is 17.1. The number of hydrogen-bond donors (Lipinski definition) is 8. The molecule has 6 atom stereocenters. The second kappa shape index (κ2) is 21.5. The molecule has 0 saturated carbocycles. The first-order valence-electron chi connectivity index (χ1n) is 22.4. The first-order valence-corrected chi connectivity index (χ1v) is 24.8. The standard InChI is InChI=1S/C46H47N11O15S2/c1-20-34(59)33-31(35(60)36(20)69-2)26(18-71-44(48)67)46(70-3)37-29(16-56(33)46)57(37)45(68)72-17-21-4-10-25(11-5-21)74-73-19-28(42(65)66)52-30(58)13-12-27(41(63)64)53-39(61)22-6-8-23(9-7-22)49-14-24-15-50-38-32(51-24)40(62)55-43(47)54-38/h4-11,15,26-29,37,49H,12-14,16-19H2,1-3H3,(H2,48,67)(H,52,58)(H,53,61)(H,63,64)(H,65,66)(H3,47,50,54,55,62)/t26?,27-,28?,29-,37-,46+,57?/m0/s1. The molecule has 5 heterocycles. The first kappa shape index (κ1) is 52.1. The Hall–Kier alpha value is -8.24. The van der Waals surface area contributed by atoms with Gasteiger partial charge < -0.3 is 61.5 Å². The minimum absolute atomic E-state index is 0.0124. The molecule has 8 rings (SSSR count). The number of H-pyrrole nitrogens is 1.